The first-order valence-electron chi connectivity index (χ1n) is 4.87. The van der Waals surface area contributed by atoms with Crippen molar-refractivity contribution in [2.75, 3.05) is 0 Å². The highest BCUT2D eigenvalue weighted by Gasteiger charge is 2.14. The summed E-state index contributed by atoms with van der Waals surface area (Å²) in [5, 5.41) is 0. The van der Waals surface area contributed by atoms with Gasteiger partial charge >= 0.3 is 0 Å². The second kappa shape index (κ2) is 5.09. The van der Waals surface area contributed by atoms with Gasteiger partial charge in [-0.2, -0.15) is 0 Å². The minimum Gasteiger partial charge on any atom is -0.340 e. The molecule has 2 aromatic heterocycles. The molecule has 1 atom stereocenters. The van der Waals surface area contributed by atoms with E-state index in [1.807, 2.05) is 23.9 Å². The van der Waals surface area contributed by atoms with Crippen LogP contribution in [0.2, 0.25) is 0 Å². The van der Waals surface area contributed by atoms with Gasteiger partial charge in [0.15, 0.2) is 0 Å². The van der Waals surface area contributed by atoms with Crippen LogP contribution in [0.5, 0.6) is 0 Å². The summed E-state index contributed by atoms with van der Waals surface area (Å²) in [5.74, 6) is 5.56. The van der Waals surface area contributed by atoms with Crippen molar-refractivity contribution in [3.8, 4) is 0 Å². The second-order valence-corrected chi connectivity index (χ2v) is 6.14. The Kier molecular flexibility index (Phi) is 3.75. The summed E-state index contributed by atoms with van der Waals surface area (Å²) in [7, 11) is 1.95. The van der Waals surface area contributed by atoms with Gasteiger partial charge in [-0.05, 0) is 28.1 Å². The number of hydrazine groups is 1. The van der Waals surface area contributed by atoms with E-state index in [0.717, 1.165) is 15.9 Å². The first-order valence-corrected chi connectivity index (χ1v) is 6.48. The number of nitrogens with one attached hydrogen (secondary N) is 1. The molecule has 6 heteroatoms. The summed E-state index contributed by atoms with van der Waals surface area (Å²) in [5.41, 5.74) is 3.77. The van der Waals surface area contributed by atoms with Gasteiger partial charge in [0.1, 0.15) is 0 Å². The van der Waals surface area contributed by atoms with Crippen molar-refractivity contribution in [3.05, 3.63) is 39.0 Å². The summed E-state index contributed by atoms with van der Waals surface area (Å²) in [6.07, 6.45) is 4.61. The largest absolute Gasteiger partial charge is 0.340 e. The van der Waals surface area contributed by atoms with Gasteiger partial charge in [-0.3, -0.25) is 11.3 Å². The van der Waals surface area contributed by atoms with Crippen LogP contribution in [0, 0.1) is 0 Å². The Bertz CT molecular complexity index is 465. The van der Waals surface area contributed by atoms with Crippen LogP contribution in [0.25, 0.3) is 0 Å². The zero-order valence-corrected chi connectivity index (χ0v) is 11.3. The quantitative estimate of drug-likeness (QED) is 0.671. The molecule has 0 saturated heterocycles. The maximum Gasteiger partial charge on any atom is 0.0947 e. The van der Waals surface area contributed by atoms with E-state index in [1.165, 1.54) is 4.88 Å². The predicted octanol–water partition coefficient (Wildman–Crippen LogP) is 1.99. The molecule has 0 spiro atoms. The molecule has 0 radical (unpaired) electrons. The van der Waals surface area contributed by atoms with Crippen molar-refractivity contribution >= 4 is 27.3 Å². The Morgan fingerprint density at radius 3 is 2.94 bits per heavy atom. The number of imidazole rings is 1. The summed E-state index contributed by atoms with van der Waals surface area (Å²) >= 11 is 5.17. The number of halogens is 1. The van der Waals surface area contributed by atoms with E-state index in [0.29, 0.717) is 0 Å². The highest BCUT2D eigenvalue weighted by Crippen LogP contribution is 2.26. The maximum atomic E-state index is 5.56. The van der Waals surface area contributed by atoms with Crippen LogP contribution in [-0.2, 0) is 13.5 Å². The molecule has 2 heterocycles. The third-order valence-electron chi connectivity index (χ3n) is 2.32. The van der Waals surface area contributed by atoms with Crippen LogP contribution < -0.4 is 11.3 Å². The zero-order chi connectivity index (χ0) is 11.5. The summed E-state index contributed by atoms with van der Waals surface area (Å²) in [6.45, 7) is 0. The molecule has 0 amide bonds. The van der Waals surface area contributed by atoms with Crippen molar-refractivity contribution in [1.82, 2.24) is 15.0 Å². The van der Waals surface area contributed by atoms with E-state index < -0.39 is 0 Å². The number of nitrogens with zero attached hydrogens (tertiary/aromatic N) is 2. The van der Waals surface area contributed by atoms with Crippen molar-refractivity contribution in [2.45, 2.75) is 12.5 Å². The van der Waals surface area contributed by atoms with Crippen LogP contribution in [0.4, 0.5) is 0 Å². The normalized spacial score (nSPS) is 12.9. The van der Waals surface area contributed by atoms with E-state index in [-0.39, 0.29) is 6.04 Å². The monoisotopic (exact) mass is 300 g/mol. The van der Waals surface area contributed by atoms with E-state index in [2.05, 4.69) is 32.4 Å². The van der Waals surface area contributed by atoms with Gasteiger partial charge in [0.25, 0.3) is 0 Å². The molecule has 2 aromatic rings. The number of aromatic nitrogens is 2. The van der Waals surface area contributed by atoms with Crippen LogP contribution in [0.3, 0.4) is 0 Å². The van der Waals surface area contributed by atoms with Gasteiger partial charge in [-0.15, -0.1) is 11.3 Å². The van der Waals surface area contributed by atoms with E-state index >= 15 is 0 Å². The van der Waals surface area contributed by atoms with Crippen molar-refractivity contribution in [2.24, 2.45) is 12.9 Å². The molecule has 2 rings (SSSR count). The summed E-state index contributed by atoms with van der Waals surface area (Å²) in [4.78, 5) is 5.58. The number of aryl methyl sites for hydroxylation is 1. The fourth-order valence-electron chi connectivity index (χ4n) is 1.52. The Labute approximate surface area is 107 Å². The average molecular weight is 301 g/mol. The molecule has 86 valence electrons. The molecule has 16 heavy (non-hydrogen) atoms. The SMILES string of the molecule is Cn1cnc(C(Cc2ccc(Br)s2)NN)c1. The highest BCUT2D eigenvalue weighted by atomic mass is 79.9. The topological polar surface area (TPSA) is 55.9 Å². The molecular weight excluding hydrogens is 288 g/mol. The van der Waals surface area contributed by atoms with Crippen LogP contribution >= 0.6 is 27.3 Å². The van der Waals surface area contributed by atoms with Crippen LogP contribution in [-0.4, -0.2) is 9.55 Å². The summed E-state index contributed by atoms with van der Waals surface area (Å²) < 4.78 is 3.06. The van der Waals surface area contributed by atoms with Crippen LogP contribution in [0.15, 0.2) is 28.4 Å². The Morgan fingerprint density at radius 2 is 2.44 bits per heavy atom. The summed E-state index contributed by atoms with van der Waals surface area (Å²) in [6, 6.07) is 4.21. The molecule has 0 saturated carbocycles. The first kappa shape index (κ1) is 11.8. The third kappa shape index (κ3) is 2.70. The maximum absolute atomic E-state index is 5.56. The standard InChI is InChI=1S/C10H13BrN4S/c1-15-5-9(13-6-15)8(14-12)4-7-2-3-10(11)16-7/h2-3,5-6,8,14H,4,12H2,1H3. The molecule has 0 aliphatic rings. The van der Waals surface area contributed by atoms with Gasteiger partial charge in [0, 0.05) is 24.5 Å². The molecule has 0 aromatic carbocycles. The lowest BCUT2D eigenvalue weighted by molar-refractivity contribution is 0.543. The molecule has 3 N–H and O–H groups in total. The molecule has 0 bridgehead atoms. The number of thiophene rings is 1. The molecule has 0 aliphatic heterocycles. The number of hydrogen-bond donors (Lipinski definition) is 2. The number of nitrogens with two attached hydrogens (primary N) is 1. The minimum absolute atomic E-state index is 0.0618. The predicted molar refractivity (Wildman–Crippen MR) is 69.0 cm³/mol. The zero-order valence-electron chi connectivity index (χ0n) is 8.85. The number of rotatable bonds is 4. The van der Waals surface area contributed by atoms with Gasteiger partial charge < -0.3 is 4.57 Å². The molecule has 0 fully saturated rings. The Hall–Kier alpha value is -0.690. The smallest absolute Gasteiger partial charge is 0.0947 e. The van der Waals surface area contributed by atoms with Gasteiger partial charge in [0.2, 0.25) is 0 Å². The van der Waals surface area contributed by atoms with Crippen molar-refractivity contribution < 1.29 is 0 Å². The minimum atomic E-state index is 0.0618. The van der Waals surface area contributed by atoms with Crippen molar-refractivity contribution in [3.63, 3.8) is 0 Å². The highest BCUT2D eigenvalue weighted by molar-refractivity contribution is 9.11. The van der Waals surface area contributed by atoms with Crippen molar-refractivity contribution in [1.29, 1.82) is 0 Å². The fraction of sp³-hybridized carbons (Fsp3) is 0.300. The lowest BCUT2D eigenvalue weighted by Crippen LogP contribution is -2.29. The van der Waals surface area contributed by atoms with E-state index in [1.54, 1.807) is 17.7 Å². The Morgan fingerprint density at radius 1 is 1.62 bits per heavy atom. The van der Waals surface area contributed by atoms with Gasteiger partial charge in [-0.25, -0.2) is 4.98 Å². The van der Waals surface area contributed by atoms with Gasteiger partial charge in [0.05, 0.1) is 21.8 Å². The lowest BCUT2D eigenvalue weighted by atomic mass is 10.1. The fourth-order valence-corrected chi connectivity index (χ4v) is 3.05. The van der Waals surface area contributed by atoms with Crippen LogP contribution in [0.1, 0.15) is 16.6 Å². The van der Waals surface area contributed by atoms with Gasteiger partial charge in [-0.1, -0.05) is 0 Å². The third-order valence-corrected chi connectivity index (χ3v) is 3.96. The molecule has 0 aliphatic carbocycles. The first-order chi connectivity index (χ1) is 7.69. The number of hydrogen-bond acceptors (Lipinski definition) is 4. The van der Waals surface area contributed by atoms with E-state index in [9.17, 15) is 0 Å². The average Bonchev–Trinajstić information content (AvgIpc) is 2.84. The molecular formula is C10H13BrN4S. The molecule has 4 nitrogen and oxygen atoms in total. The Balaban J connectivity index is 2.12. The van der Waals surface area contributed by atoms with E-state index in [4.69, 9.17) is 5.84 Å². The molecule has 1 unspecified atom stereocenters. The second-order valence-electron chi connectivity index (χ2n) is 3.59. The lowest BCUT2D eigenvalue weighted by Gasteiger charge is -2.11.